The zero-order valence-corrected chi connectivity index (χ0v) is 11.0. The number of carboxylic acid groups (broad SMARTS) is 1. The van der Waals surface area contributed by atoms with Gasteiger partial charge < -0.3 is 19.0 Å². The smallest absolute Gasteiger partial charge is 0.373 e. The quantitative estimate of drug-likeness (QED) is 0.927. The van der Waals surface area contributed by atoms with E-state index >= 15 is 0 Å². The van der Waals surface area contributed by atoms with E-state index < -0.39 is 5.97 Å². The van der Waals surface area contributed by atoms with Crippen LogP contribution in [0.25, 0.3) is 11.5 Å². The molecule has 0 fully saturated rings. The van der Waals surface area contributed by atoms with Gasteiger partial charge in [0.05, 0.1) is 5.69 Å². The number of rotatable bonds is 3. The van der Waals surface area contributed by atoms with Gasteiger partial charge in [-0.25, -0.2) is 9.78 Å². The van der Waals surface area contributed by atoms with Crippen LogP contribution < -0.4 is 9.47 Å². The summed E-state index contributed by atoms with van der Waals surface area (Å²) >= 11 is 0. The largest absolute Gasteiger partial charge is 0.475 e. The topological polar surface area (TPSA) is 81.8 Å². The first-order chi connectivity index (χ1) is 9.56. The van der Waals surface area contributed by atoms with Crippen LogP contribution in [0.1, 0.15) is 36.0 Å². The molecule has 2 aromatic rings. The van der Waals surface area contributed by atoms with Crippen LogP contribution in [0.4, 0.5) is 0 Å². The first-order valence-electron chi connectivity index (χ1n) is 6.20. The molecule has 104 valence electrons. The molecular weight excluding hydrogens is 262 g/mol. The summed E-state index contributed by atoms with van der Waals surface area (Å²) in [5.74, 6) is 0.254. The molecule has 0 saturated carbocycles. The third kappa shape index (κ3) is 1.99. The molecule has 0 amide bonds. The molecule has 1 aliphatic rings. The number of oxazole rings is 1. The van der Waals surface area contributed by atoms with E-state index in [0.29, 0.717) is 22.8 Å². The Labute approximate surface area is 115 Å². The molecule has 20 heavy (non-hydrogen) atoms. The second-order valence-corrected chi connectivity index (χ2v) is 4.76. The van der Waals surface area contributed by atoms with E-state index in [9.17, 15) is 4.79 Å². The minimum atomic E-state index is -1.12. The van der Waals surface area contributed by atoms with Gasteiger partial charge in [0.25, 0.3) is 0 Å². The van der Waals surface area contributed by atoms with Crippen LogP contribution in [0.15, 0.2) is 22.6 Å². The van der Waals surface area contributed by atoms with Crippen LogP contribution in [0.3, 0.4) is 0 Å². The molecule has 1 N–H and O–H groups in total. The van der Waals surface area contributed by atoms with E-state index in [1.165, 1.54) is 0 Å². The summed E-state index contributed by atoms with van der Waals surface area (Å²) in [5.41, 5.74) is 1.09. The molecule has 6 heteroatoms. The maximum Gasteiger partial charge on any atom is 0.373 e. The van der Waals surface area contributed by atoms with Crippen molar-refractivity contribution in [2.24, 2.45) is 0 Å². The lowest BCUT2D eigenvalue weighted by atomic mass is 10.1. The van der Waals surface area contributed by atoms with Gasteiger partial charge in [0.1, 0.15) is 0 Å². The highest BCUT2D eigenvalue weighted by atomic mass is 16.7. The number of benzene rings is 1. The summed E-state index contributed by atoms with van der Waals surface area (Å²) in [7, 11) is 0. The van der Waals surface area contributed by atoms with Gasteiger partial charge in [-0.3, -0.25) is 0 Å². The van der Waals surface area contributed by atoms with Gasteiger partial charge in [0.2, 0.25) is 18.4 Å². The Kier molecular flexibility index (Phi) is 2.85. The fourth-order valence-electron chi connectivity index (χ4n) is 2.03. The Morgan fingerprint density at radius 2 is 2.05 bits per heavy atom. The van der Waals surface area contributed by atoms with Crippen molar-refractivity contribution in [2.75, 3.05) is 6.79 Å². The number of carbonyl (C=O) groups is 1. The second-order valence-electron chi connectivity index (χ2n) is 4.76. The van der Waals surface area contributed by atoms with Crippen LogP contribution in [0.2, 0.25) is 0 Å². The highest BCUT2D eigenvalue weighted by Gasteiger charge is 2.23. The Morgan fingerprint density at radius 1 is 1.30 bits per heavy atom. The Morgan fingerprint density at radius 3 is 2.70 bits per heavy atom. The van der Waals surface area contributed by atoms with Crippen molar-refractivity contribution in [2.45, 2.75) is 19.8 Å². The Bertz CT molecular complexity index is 674. The predicted molar refractivity (Wildman–Crippen MR) is 69.1 cm³/mol. The molecule has 1 aromatic carbocycles. The van der Waals surface area contributed by atoms with Gasteiger partial charge in [0, 0.05) is 5.56 Å². The molecule has 2 heterocycles. The van der Waals surface area contributed by atoms with Crippen LogP contribution in [0, 0.1) is 0 Å². The predicted octanol–water partition coefficient (Wildman–Crippen LogP) is 2.89. The van der Waals surface area contributed by atoms with Crippen molar-refractivity contribution in [1.82, 2.24) is 4.98 Å². The molecule has 0 spiro atoms. The number of hydrogen-bond donors (Lipinski definition) is 1. The van der Waals surface area contributed by atoms with E-state index in [0.717, 1.165) is 0 Å². The van der Waals surface area contributed by atoms with Gasteiger partial charge in [-0.2, -0.15) is 0 Å². The number of carboxylic acids is 1. The van der Waals surface area contributed by atoms with E-state index in [-0.39, 0.29) is 24.4 Å². The molecule has 0 bridgehead atoms. The van der Waals surface area contributed by atoms with Crippen molar-refractivity contribution in [3.05, 3.63) is 29.7 Å². The molecule has 0 unspecified atom stereocenters. The normalized spacial score (nSPS) is 12.9. The fourth-order valence-corrected chi connectivity index (χ4v) is 2.03. The molecule has 1 aliphatic heterocycles. The fraction of sp³-hybridized carbons (Fsp3) is 0.286. The lowest BCUT2D eigenvalue weighted by Crippen LogP contribution is -2.01. The summed E-state index contributed by atoms with van der Waals surface area (Å²) in [6.45, 7) is 3.92. The van der Waals surface area contributed by atoms with Crippen LogP contribution >= 0.6 is 0 Å². The summed E-state index contributed by atoms with van der Waals surface area (Å²) in [5, 5.41) is 9.15. The van der Waals surface area contributed by atoms with E-state index in [2.05, 4.69) is 4.98 Å². The molecule has 0 radical (unpaired) electrons. The molecule has 1 aromatic heterocycles. The zero-order valence-electron chi connectivity index (χ0n) is 11.0. The SMILES string of the molecule is CC(C)c1nc(-c2ccc3c(c2)OCO3)oc1C(=O)O. The minimum Gasteiger partial charge on any atom is -0.475 e. The van der Waals surface area contributed by atoms with Crippen LogP contribution in [-0.2, 0) is 0 Å². The third-order valence-corrected chi connectivity index (χ3v) is 3.01. The average molecular weight is 275 g/mol. The Hall–Kier alpha value is -2.50. The summed E-state index contributed by atoms with van der Waals surface area (Å²) in [6.07, 6.45) is 0. The summed E-state index contributed by atoms with van der Waals surface area (Å²) in [6, 6.07) is 5.23. The maximum atomic E-state index is 11.2. The standard InChI is InChI=1S/C14H13NO5/c1-7(2)11-12(14(16)17)20-13(15-11)8-3-4-9-10(5-8)19-6-18-9/h3-5,7H,6H2,1-2H3,(H,16,17). The number of aromatic carboxylic acids is 1. The number of fused-ring (bicyclic) bond motifs is 1. The van der Waals surface area contributed by atoms with Crippen molar-refractivity contribution in [1.29, 1.82) is 0 Å². The van der Waals surface area contributed by atoms with Gasteiger partial charge in [-0.05, 0) is 24.1 Å². The monoisotopic (exact) mass is 275 g/mol. The summed E-state index contributed by atoms with van der Waals surface area (Å²) < 4.78 is 15.9. The van der Waals surface area contributed by atoms with Crippen molar-refractivity contribution < 1.29 is 23.8 Å². The highest BCUT2D eigenvalue weighted by Crippen LogP contribution is 2.36. The number of ether oxygens (including phenoxy) is 2. The molecule has 3 rings (SSSR count). The average Bonchev–Trinajstić information content (AvgIpc) is 3.04. The molecule has 0 aliphatic carbocycles. The summed E-state index contributed by atoms with van der Waals surface area (Å²) in [4.78, 5) is 15.5. The van der Waals surface area contributed by atoms with Gasteiger partial charge in [-0.1, -0.05) is 13.8 Å². The van der Waals surface area contributed by atoms with Gasteiger partial charge in [-0.15, -0.1) is 0 Å². The third-order valence-electron chi connectivity index (χ3n) is 3.01. The van der Waals surface area contributed by atoms with Gasteiger partial charge in [0.15, 0.2) is 11.5 Å². The maximum absolute atomic E-state index is 11.2. The first-order valence-corrected chi connectivity index (χ1v) is 6.20. The van der Waals surface area contributed by atoms with Crippen molar-refractivity contribution in [3.8, 4) is 23.0 Å². The number of nitrogens with zero attached hydrogens (tertiary/aromatic N) is 1. The molecule has 0 atom stereocenters. The lowest BCUT2D eigenvalue weighted by molar-refractivity contribution is 0.0661. The zero-order chi connectivity index (χ0) is 14.3. The highest BCUT2D eigenvalue weighted by molar-refractivity contribution is 5.86. The van der Waals surface area contributed by atoms with E-state index in [1.807, 2.05) is 13.8 Å². The van der Waals surface area contributed by atoms with Crippen LogP contribution in [0.5, 0.6) is 11.5 Å². The van der Waals surface area contributed by atoms with E-state index in [4.69, 9.17) is 19.0 Å². The van der Waals surface area contributed by atoms with Crippen molar-refractivity contribution >= 4 is 5.97 Å². The number of hydrogen-bond acceptors (Lipinski definition) is 5. The molecular formula is C14H13NO5. The van der Waals surface area contributed by atoms with Crippen LogP contribution in [-0.4, -0.2) is 22.9 Å². The van der Waals surface area contributed by atoms with Gasteiger partial charge >= 0.3 is 5.97 Å². The molecule has 6 nitrogen and oxygen atoms in total. The minimum absolute atomic E-state index is 0.0346. The molecule has 0 saturated heterocycles. The van der Waals surface area contributed by atoms with E-state index in [1.54, 1.807) is 18.2 Å². The van der Waals surface area contributed by atoms with Crippen molar-refractivity contribution in [3.63, 3.8) is 0 Å². The first kappa shape index (κ1) is 12.5. The number of aromatic nitrogens is 1. The second kappa shape index (κ2) is 4.56. The lowest BCUT2D eigenvalue weighted by Gasteiger charge is -1.99. The Balaban J connectivity index is 2.06.